The van der Waals surface area contributed by atoms with Gasteiger partial charge in [-0.1, -0.05) is 19.3 Å². The Hall–Kier alpha value is -0.450. The van der Waals surface area contributed by atoms with Gasteiger partial charge in [0.1, 0.15) is 5.01 Å². The van der Waals surface area contributed by atoms with Crippen LogP contribution in [0.2, 0.25) is 0 Å². The molecule has 0 aromatic carbocycles. The topological polar surface area (TPSA) is 50.9 Å². The highest BCUT2D eigenvalue weighted by atomic mass is 32.1. The zero-order chi connectivity index (χ0) is 11.4. The van der Waals surface area contributed by atoms with Gasteiger partial charge < -0.3 is 11.1 Å². The Labute approximate surface area is 101 Å². The molecule has 0 unspecified atom stereocenters. The molecule has 1 fully saturated rings. The lowest BCUT2D eigenvalue weighted by molar-refractivity contribution is 0.283. The molecule has 0 saturated heterocycles. The zero-order valence-electron chi connectivity index (χ0n) is 9.96. The lowest BCUT2D eigenvalue weighted by atomic mass is 9.82. The number of hydrogen-bond acceptors (Lipinski definition) is 4. The standard InChI is InChI=1S/C12H21N3S/c1-10-7-15-11(16-10)8-14-9-12(13)5-3-2-4-6-12/h7,14H,2-6,8-9,13H2,1H3. The lowest BCUT2D eigenvalue weighted by Crippen LogP contribution is -2.49. The second-order valence-electron chi connectivity index (χ2n) is 4.89. The summed E-state index contributed by atoms with van der Waals surface area (Å²) >= 11 is 1.76. The molecule has 3 nitrogen and oxygen atoms in total. The molecule has 4 heteroatoms. The Morgan fingerprint density at radius 2 is 2.19 bits per heavy atom. The Bertz CT molecular complexity index is 329. The second-order valence-corrected chi connectivity index (χ2v) is 6.21. The van der Waals surface area contributed by atoms with E-state index >= 15 is 0 Å². The average molecular weight is 239 g/mol. The van der Waals surface area contributed by atoms with Gasteiger partial charge in [-0.15, -0.1) is 11.3 Å². The van der Waals surface area contributed by atoms with Crippen LogP contribution in [0.15, 0.2) is 6.20 Å². The maximum absolute atomic E-state index is 6.35. The number of hydrogen-bond donors (Lipinski definition) is 2. The first-order valence-electron chi connectivity index (χ1n) is 6.09. The van der Waals surface area contributed by atoms with Gasteiger partial charge >= 0.3 is 0 Å². The average Bonchev–Trinajstić information content (AvgIpc) is 2.65. The summed E-state index contributed by atoms with van der Waals surface area (Å²) in [5.74, 6) is 0. The fraction of sp³-hybridized carbons (Fsp3) is 0.750. The molecule has 1 saturated carbocycles. The number of aromatic nitrogens is 1. The number of nitrogens with two attached hydrogens (primary N) is 1. The molecule has 0 radical (unpaired) electrons. The highest BCUT2D eigenvalue weighted by Crippen LogP contribution is 2.25. The predicted octanol–water partition coefficient (Wildman–Crippen LogP) is 2.20. The summed E-state index contributed by atoms with van der Waals surface area (Å²) < 4.78 is 0. The molecule has 0 amide bonds. The minimum Gasteiger partial charge on any atom is -0.324 e. The highest BCUT2D eigenvalue weighted by molar-refractivity contribution is 7.11. The smallest absolute Gasteiger partial charge is 0.107 e. The first kappa shape index (κ1) is 12.0. The summed E-state index contributed by atoms with van der Waals surface area (Å²) in [5.41, 5.74) is 6.38. The Balaban J connectivity index is 1.74. The first-order valence-corrected chi connectivity index (χ1v) is 6.91. The Morgan fingerprint density at radius 1 is 1.44 bits per heavy atom. The summed E-state index contributed by atoms with van der Waals surface area (Å²) in [6.45, 7) is 3.87. The molecule has 1 aromatic heterocycles. The highest BCUT2D eigenvalue weighted by Gasteiger charge is 2.26. The Kier molecular flexibility index (Phi) is 3.95. The molecule has 0 aliphatic heterocycles. The molecule has 16 heavy (non-hydrogen) atoms. The third kappa shape index (κ3) is 3.27. The van der Waals surface area contributed by atoms with Crippen LogP contribution >= 0.6 is 11.3 Å². The van der Waals surface area contributed by atoms with Crippen molar-refractivity contribution in [3.05, 3.63) is 16.1 Å². The van der Waals surface area contributed by atoms with Gasteiger partial charge in [0.15, 0.2) is 0 Å². The van der Waals surface area contributed by atoms with Crippen LogP contribution in [-0.4, -0.2) is 17.1 Å². The van der Waals surface area contributed by atoms with Crippen molar-refractivity contribution in [1.29, 1.82) is 0 Å². The van der Waals surface area contributed by atoms with Crippen molar-refractivity contribution in [2.24, 2.45) is 5.73 Å². The normalized spacial score (nSPS) is 19.9. The molecule has 3 N–H and O–H groups in total. The van der Waals surface area contributed by atoms with Crippen LogP contribution < -0.4 is 11.1 Å². The summed E-state index contributed by atoms with van der Waals surface area (Å²) in [4.78, 5) is 5.61. The molecule has 90 valence electrons. The van der Waals surface area contributed by atoms with Crippen LogP contribution in [0.3, 0.4) is 0 Å². The van der Waals surface area contributed by atoms with Gasteiger partial charge in [0.25, 0.3) is 0 Å². The summed E-state index contributed by atoms with van der Waals surface area (Å²) in [5, 5.41) is 4.61. The number of thiazole rings is 1. The minimum atomic E-state index is 0.0323. The van der Waals surface area contributed by atoms with Gasteiger partial charge in [-0.25, -0.2) is 4.98 Å². The fourth-order valence-corrected chi connectivity index (χ4v) is 3.09. The van der Waals surface area contributed by atoms with Crippen LogP contribution in [0.5, 0.6) is 0 Å². The summed E-state index contributed by atoms with van der Waals surface area (Å²) in [7, 11) is 0. The van der Waals surface area contributed by atoms with Crippen molar-refractivity contribution >= 4 is 11.3 Å². The molecule has 1 aliphatic carbocycles. The van der Waals surface area contributed by atoms with Crippen molar-refractivity contribution in [2.75, 3.05) is 6.54 Å². The number of nitrogens with one attached hydrogen (secondary N) is 1. The van der Waals surface area contributed by atoms with E-state index in [4.69, 9.17) is 5.73 Å². The monoisotopic (exact) mass is 239 g/mol. The summed E-state index contributed by atoms with van der Waals surface area (Å²) in [6, 6.07) is 0. The second kappa shape index (κ2) is 5.25. The van der Waals surface area contributed by atoms with E-state index in [0.29, 0.717) is 0 Å². The molecular weight excluding hydrogens is 218 g/mol. The van der Waals surface area contributed by atoms with Crippen molar-refractivity contribution in [3.8, 4) is 0 Å². The van der Waals surface area contributed by atoms with E-state index < -0.39 is 0 Å². The minimum absolute atomic E-state index is 0.0323. The van der Waals surface area contributed by atoms with Crippen molar-refractivity contribution in [1.82, 2.24) is 10.3 Å². The lowest BCUT2D eigenvalue weighted by Gasteiger charge is -2.33. The molecule has 1 aliphatic rings. The van der Waals surface area contributed by atoms with E-state index in [9.17, 15) is 0 Å². The van der Waals surface area contributed by atoms with Gasteiger partial charge in [-0.2, -0.15) is 0 Å². The van der Waals surface area contributed by atoms with Crippen LogP contribution in [-0.2, 0) is 6.54 Å². The van der Waals surface area contributed by atoms with E-state index in [0.717, 1.165) is 30.9 Å². The van der Waals surface area contributed by atoms with Crippen molar-refractivity contribution < 1.29 is 0 Å². The van der Waals surface area contributed by atoms with E-state index in [1.165, 1.54) is 24.1 Å². The number of aryl methyl sites for hydroxylation is 1. The quantitative estimate of drug-likeness (QED) is 0.847. The maximum atomic E-state index is 6.35. The number of rotatable bonds is 4. The SMILES string of the molecule is Cc1cnc(CNCC2(N)CCCCC2)s1. The predicted molar refractivity (Wildman–Crippen MR) is 68.6 cm³/mol. The Morgan fingerprint density at radius 3 is 2.81 bits per heavy atom. The molecule has 1 aromatic rings. The van der Waals surface area contributed by atoms with Gasteiger partial charge in [0, 0.05) is 29.7 Å². The van der Waals surface area contributed by atoms with Crippen LogP contribution in [0, 0.1) is 6.92 Å². The van der Waals surface area contributed by atoms with Gasteiger partial charge in [0.2, 0.25) is 0 Å². The van der Waals surface area contributed by atoms with E-state index in [1.54, 1.807) is 11.3 Å². The molecule has 0 bridgehead atoms. The first-order chi connectivity index (χ1) is 7.68. The summed E-state index contributed by atoms with van der Waals surface area (Å²) in [6.07, 6.45) is 8.18. The van der Waals surface area contributed by atoms with Crippen LogP contribution in [0.25, 0.3) is 0 Å². The van der Waals surface area contributed by atoms with Gasteiger partial charge in [0.05, 0.1) is 0 Å². The van der Waals surface area contributed by atoms with Crippen LogP contribution in [0.1, 0.15) is 42.0 Å². The van der Waals surface area contributed by atoms with Crippen molar-refractivity contribution in [3.63, 3.8) is 0 Å². The van der Waals surface area contributed by atoms with Crippen molar-refractivity contribution in [2.45, 2.75) is 51.1 Å². The molecule has 1 heterocycles. The van der Waals surface area contributed by atoms with Gasteiger partial charge in [-0.05, 0) is 19.8 Å². The van der Waals surface area contributed by atoms with E-state index in [2.05, 4.69) is 17.2 Å². The molecular formula is C12H21N3S. The fourth-order valence-electron chi connectivity index (χ4n) is 2.33. The zero-order valence-corrected chi connectivity index (χ0v) is 10.8. The number of nitrogens with zero attached hydrogens (tertiary/aromatic N) is 1. The third-order valence-electron chi connectivity index (χ3n) is 3.27. The molecule has 2 rings (SSSR count). The van der Waals surface area contributed by atoms with E-state index in [-0.39, 0.29) is 5.54 Å². The largest absolute Gasteiger partial charge is 0.324 e. The van der Waals surface area contributed by atoms with E-state index in [1.807, 2.05) is 6.20 Å². The van der Waals surface area contributed by atoms with Gasteiger partial charge in [-0.3, -0.25) is 0 Å². The third-order valence-corrected chi connectivity index (χ3v) is 4.18. The molecule has 0 spiro atoms. The maximum Gasteiger partial charge on any atom is 0.107 e. The van der Waals surface area contributed by atoms with Crippen LogP contribution in [0.4, 0.5) is 0 Å². The molecule has 0 atom stereocenters.